The highest BCUT2D eigenvalue weighted by molar-refractivity contribution is 7.90. The van der Waals surface area contributed by atoms with Crippen LogP contribution in [0.3, 0.4) is 0 Å². The topological polar surface area (TPSA) is 79.0 Å². The summed E-state index contributed by atoms with van der Waals surface area (Å²) in [6, 6.07) is 11.9. The average molecular weight is 363 g/mol. The molecule has 0 unspecified atom stereocenters. The molecule has 0 aliphatic rings. The number of H-pyrrole nitrogens is 1. The van der Waals surface area contributed by atoms with Gasteiger partial charge in [0.05, 0.1) is 22.0 Å². The summed E-state index contributed by atoms with van der Waals surface area (Å²) in [5.41, 5.74) is 2.10. The van der Waals surface area contributed by atoms with Crippen LogP contribution in [0, 0.1) is 0 Å². The van der Waals surface area contributed by atoms with Gasteiger partial charge in [0.25, 0.3) is 0 Å². The second-order valence-corrected chi connectivity index (χ2v) is 7.92. The highest BCUT2D eigenvalue weighted by Gasteiger charge is 2.13. The molecule has 0 aliphatic heterocycles. The van der Waals surface area contributed by atoms with Crippen molar-refractivity contribution in [3.8, 4) is 0 Å². The molecule has 1 amide bonds. The van der Waals surface area contributed by atoms with Gasteiger partial charge in [-0.3, -0.25) is 4.79 Å². The Morgan fingerprint density at radius 2 is 1.96 bits per heavy atom. The normalized spacial score (nSPS) is 11.6. The monoisotopic (exact) mass is 362 g/mol. The highest BCUT2D eigenvalue weighted by Crippen LogP contribution is 2.26. The summed E-state index contributed by atoms with van der Waals surface area (Å²) in [6.07, 6.45) is 3.05. The fourth-order valence-corrected chi connectivity index (χ4v) is 3.29. The molecular formula is C17H15ClN2O3S. The second kappa shape index (κ2) is 6.30. The van der Waals surface area contributed by atoms with Crippen LogP contribution in [0.4, 0.5) is 5.69 Å². The zero-order valence-corrected chi connectivity index (χ0v) is 14.4. The summed E-state index contributed by atoms with van der Waals surface area (Å²) in [5, 5.41) is 3.94. The van der Waals surface area contributed by atoms with Gasteiger partial charge in [-0.2, -0.15) is 0 Å². The fourth-order valence-electron chi connectivity index (χ4n) is 2.48. The number of para-hydroxylation sites is 1. The van der Waals surface area contributed by atoms with E-state index in [2.05, 4.69) is 10.3 Å². The Morgan fingerprint density at radius 1 is 1.21 bits per heavy atom. The first-order valence-corrected chi connectivity index (χ1v) is 9.46. The number of anilines is 1. The number of benzene rings is 2. The molecule has 1 aromatic heterocycles. The van der Waals surface area contributed by atoms with E-state index >= 15 is 0 Å². The standard InChI is InChI=1S/C17H15ClN2O3S/c1-24(22,23)12-6-7-14(18)16(9-12)20-17(21)8-11-10-19-15-5-3-2-4-13(11)15/h2-7,9-10,19H,8H2,1H3,(H,20,21). The van der Waals surface area contributed by atoms with Crippen molar-refractivity contribution in [2.45, 2.75) is 11.3 Å². The minimum Gasteiger partial charge on any atom is -0.361 e. The smallest absolute Gasteiger partial charge is 0.228 e. The maximum absolute atomic E-state index is 12.3. The van der Waals surface area contributed by atoms with Gasteiger partial charge in [0, 0.05) is 23.4 Å². The molecule has 0 aliphatic carbocycles. The highest BCUT2D eigenvalue weighted by atomic mass is 35.5. The SMILES string of the molecule is CS(=O)(=O)c1ccc(Cl)c(NC(=O)Cc2c[nH]c3ccccc23)c1. The number of hydrogen-bond donors (Lipinski definition) is 2. The van der Waals surface area contributed by atoms with E-state index in [1.165, 1.54) is 18.2 Å². The van der Waals surface area contributed by atoms with Crippen molar-refractivity contribution >= 4 is 43.9 Å². The van der Waals surface area contributed by atoms with Crippen LogP contribution < -0.4 is 5.32 Å². The van der Waals surface area contributed by atoms with Crippen molar-refractivity contribution < 1.29 is 13.2 Å². The first-order chi connectivity index (χ1) is 11.3. The van der Waals surface area contributed by atoms with Gasteiger partial charge < -0.3 is 10.3 Å². The van der Waals surface area contributed by atoms with Gasteiger partial charge in [0.1, 0.15) is 0 Å². The molecule has 3 rings (SSSR count). The predicted molar refractivity (Wildman–Crippen MR) is 95.2 cm³/mol. The quantitative estimate of drug-likeness (QED) is 0.746. The molecule has 7 heteroatoms. The van der Waals surface area contributed by atoms with Crippen LogP contribution in [0.15, 0.2) is 53.6 Å². The van der Waals surface area contributed by atoms with Crippen LogP contribution in [0.1, 0.15) is 5.56 Å². The molecule has 0 saturated carbocycles. The van der Waals surface area contributed by atoms with Crippen molar-refractivity contribution in [3.05, 3.63) is 59.2 Å². The summed E-state index contributed by atoms with van der Waals surface area (Å²) in [5.74, 6) is -0.271. The predicted octanol–water partition coefficient (Wildman–Crippen LogP) is 3.41. The minimum absolute atomic E-state index is 0.106. The maximum atomic E-state index is 12.3. The number of hydrogen-bond acceptors (Lipinski definition) is 3. The maximum Gasteiger partial charge on any atom is 0.228 e. The third-order valence-corrected chi connectivity index (χ3v) is 5.11. The third kappa shape index (κ3) is 3.44. The number of aromatic amines is 1. The first kappa shape index (κ1) is 16.5. The second-order valence-electron chi connectivity index (χ2n) is 5.50. The van der Waals surface area contributed by atoms with Crippen LogP contribution in [-0.4, -0.2) is 25.6 Å². The molecule has 3 aromatic rings. The molecule has 0 fully saturated rings. The molecule has 2 N–H and O–H groups in total. The van der Waals surface area contributed by atoms with Gasteiger partial charge >= 0.3 is 0 Å². The van der Waals surface area contributed by atoms with Gasteiger partial charge in [-0.15, -0.1) is 0 Å². The van der Waals surface area contributed by atoms with E-state index in [-0.39, 0.29) is 27.9 Å². The summed E-state index contributed by atoms with van der Waals surface area (Å²) in [7, 11) is -3.37. The summed E-state index contributed by atoms with van der Waals surface area (Å²) >= 11 is 6.05. The Labute approximate surface area is 144 Å². The number of fused-ring (bicyclic) bond motifs is 1. The molecule has 1 heterocycles. The fraction of sp³-hybridized carbons (Fsp3) is 0.118. The van der Waals surface area contributed by atoms with E-state index in [4.69, 9.17) is 11.6 Å². The average Bonchev–Trinajstić information content (AvgIpc) is 2.91. The van der Waals surface area contributed by atoms with E-state index in [9.17, 15) is 13.2 Å². The summed E-state index contributed by atoms with van der Waals surface area (Å²) in [4.78, 5) is 15.5. The zero-order chi connectivity index (χ0) is 17.3. The summed E-state index contributed by atoms with van der Waals surface area (Å²) < 4.78 is 23.2. The Kier molecular flexibility index (Phi) is 4.34. The molecular weight excluding hydrogens is 348 g/mol. The number of carbonyl (C=O) groups is 1. The summed E-state index contributed by atoms with van der Waals surface area (Å²) in [6.45, 7) is 0. The number of rotatable bonds is 4. The molecule has 0 atom stereocenters. The number of halogens is 1. The Balaban J connectivity index is 1.82. The van der Waals surface area contributed by atoms with E-state index < -0.39 is 9.84 Å². The Morgan fingerprint density at radius 3 is 2.71 bits per heavy atom. The molecule has 124 valence electrons. The molecule has 0 saturated heterocycles. The largest absolute Gasteiger partial charge is 0.361 e. The molecule has 24 heavy (non-hydrogen) atoms. The van der Waals surface area contributed by atoms with Crippen LogP contribution in [0.5, 0.6) is 0 Å². The Bertz CT molecular complexity index is 1030. The van der Waals surface area contributed by atoms with Crippen molar-refractivity contribution in [1.29, 1.82) is 0 Å². The molecule has 2 aromatic carbocycles. The van der Waals surface area contributed by atoms with Crippen LogP contribution in [0.2, 0.25) is 5.02 Å². The van der Waals surface area contributed by atoms with Crippen LogP contribution in [-0.2, 0) is 21.1 Å². The lowest BCUT2D eigenvalue weighted by atomic mass is 10.1. The lowest BCUT2D eigenvalue weighted by Gasteiger charge is -2.09. The van der Waals surface area contributed by atoms with Gasteiger partial charge in [-0.25, -0.2) is 8.42 Å². The van der Waals surface area contributed by atoms with E-state index in [0.29, 0.717) is 0 Å². The zero-order valence-electron chi connectivity index (χ0n) is 12.8. The number of amides is 1. The number of aromatic nitrogens is 1. The van der Waals surface area contributed by atoms with Crippen molar-refractivity contribution in [2.75, 3.05) is 11.6 Å². The lowest BCUT2D eigenvalue weighted by molar-refractivity contribution is -0.115. The first-order valence-electron chi connectivity index (χ1n) is 7.19. The minimum atomic E-state index is -3.37. The van der Waals surface area contributed by atoms with Gasteiger partial charge in [-0.05, 0) is 29.8 Å². The van der Waals surface area contributed by atoms with E-state index in [1.54, 1.807) is 6.20 Å². The van der Waals surface area contributed by atoms with Gasteiger partial charge in [0.15, 0.2) is 9.84 Å². The van der Waals surface area contributed by atoms with Crippen molar-refractivity contribution in [3.63, 3.8) is 0 Å². The van der Waals surface area contributed by atoms with Crippen molar-refractivity contribution in [1.82, 2.24) is 4.98 Å². The van der Waals surface area contributed by atoms with Crippen LogP contribution in [0.25, 0.3) is 10.9 Å². The lowest BCUT2D eigenvalue weighted by Crippen LogP contribution is -2.15. The molecule has 0 bridgehead atoms. The van der Waals surface area contributed by atoms with E-state index in [1.807, 2.05) is 24.3 Å². The Hall–Kier alpha value is -2.31. The number of carbonyl (C=O) groups excluding carboxylic acids is 1. The molecule has 0 radical (unpaired) electrons. The number of sulfone groups is 1. The number of nitrogens with one attached hydrogen (secondary N) is 2. The van der Waals surface area contributed by atoms with Crippen LogP contribution >= 0.6 is 11.6 Å². The molecule has 0 spiro atoms. The van der Waals surface area contributed by atoms with E-state index in [0.717, 1.165) is 22.7 Å². The third-order valence-electron chi connectivity index (χ3n) is 3.67. The molecule has 5 nitrogen and oxygen atoms in total. The van der Waals surface area contributed by atoms with Gasteiger partial charge in [0.2, 0.25) is 5.91 Å². The van der Waals surface area contributed by atoms with Gasteiger partial charge in [-0.1, -0.05) is 29.8 Å². The van der Waals surface area contributed by atoms with Crippen molar-refractivity contribution in [2.24, 2.45) is 0 Å².